The van der Waals surface area contributed by atoms with Gasteiger partial charge in [-0.3, -0.25) is 4.79 Å². The Hall–Kier alpha value is -2.01. The predicted molar refractivity (Wildman–Crippen MR) is 84.9 cm³/mol. The lowest BCUT2D eigenvalue weighted by molar-refractivity contribution is 0.0949. The van der Waals surface area contributed by atoms with Crippen LogP contribution < -0.4 is 15.8 Å². The second kappa shape index (κ2) is 5.77. The number of carbonyl (C=O) groups is 1. The summed E-state index contributed by atoms with van der Waals surface area (Å²) >= 11 is 1.80. The van der Waals surface area contributed by atoms with Crippen LogP contribution in [0.4, 0.5) is 5.69 Å². The Morgan fingerprint density at radius 2 is 2.29 bits per heavy atom. The third-order valence-electron chi connectivity index (χ3n) is 3.73. The van der Waals surface area contributed by atoms with Crippen molar-refractivity contribution in [2.75, 3.05) is 12.8 Å². The molecule has 5 heteroatoms. The molecule has 0 aliphatic heterocycles. The van der Waals surface area contributed by atoms with Crippen LogP contribution in [0.15, 0.2) is 24.3 Å². The highest BCUT2D eigenvalue weighted by molar-refractivity contribution is 7.12. The van der Waals surface area contributed by atoms with E-state index in [9.17, 15) is 4.79 Å². The quantitative estimate of drug-likeness (QED) is 0.854. The third kappa shape index (κ3) is 2.74. The van der Waals surface area contributed by atoms with Gasteiger partial charge in [0.05, 0.1) is 13.7 Å². The fourth-order valence-electron chi connectivity index (χ4n) is 2.69. The molecular formula is C16H18N2O2S. The average Bonchev–Trinajstić information content (AvgIpc) is 3.05. The van der Waals surface area contributed by atoms with E-state index in [1.807, 2.05) is 0 Å². The molecule has 1 aromatic carbocycles. The second-order valence-corrected chi connectivity index (χ2v) is 6.34. The van der Waals surface area contributed by atoms with Crippen LogP contribution in [0.2, 0.25) is 0 Å². The van der Waals surface area contributed by atoms with E-state index in [2.05, 4.69) is 11.4 Å². The molecule has 4 nitrogen and oxygen atoms in total. The van der Waals surface area contributed by atoms with Crippen molar-refractivity contribution >= 4 is 22.9 Å². The van der Waals surface area contributed by atoms with Crippen molar-refractivity contribution in [3.63, 3.8) is 0 Å². The number of anilines is 1. The normalized spacial score (nSPS) is 13.0. The van der Waals surface area contributed by atoms with E-state index in [1.54, 1.807) is 29.5 Å². The van der Waals surface area contributed by atoms with Crippen molar-refractivity contribution in [2.45, 2.75) is 25.8 Å². The van der Waals surface area contributed by atoms with E-state index in [0.29, 0.717) is 23.5 Å². The van der Waals surface area contributed by atoms with Crippen LogP contribution in [0.1, 0.15) is 32.1 Å². The molecule has 1 amide bonds. The maximum Gasteiger partial charge on any atom is 0.257 e. The number of carbonyl (C=O) groups excluding carboxylic acids is 1. The smallest absolute Gasteiger partial charge is 0.257 e. The first-order valence-corrected chi connectivity index (χ1v) is 7.82. The third-order valence-corrected chi connectivity index (χ3v) is 4.96. The maximum atomic E-state index is 12.3. The second-order valence-electron chi connectivity index (χ2n) is 5.12. The summed E-state index contributed by atoms with van der Waals surface area (Å²) in [7, 11) is 1.54. The number of fused-ring (bicyclic) bond motifs is 1. The number of aryl methyl sites for hydroxylation is 2. The zero-order chi connectivity index (χ0) is 14.8. The minimum atomic E-state index is -0.196. The van der Waals surface area contributed by atoms with Crippen LogP contribution in [0.25, 0.3) is 0 Å². The van der Waals surface area contributed by atoms with Crippen molar-refractivity contribution in [1.29, 1.82) is 0 Å². The number of thiophene rings is 1. The molecule has 21 heavy (non-hydrogen) atoms. The van der Waals surface area contributed by atoms with Gasteiger partial charge in [-0.25, -0.2) is 0 Å². The monoisotopic (exact) mass is 302 g/mol. The number of hydrogen-bond donors (Lipinski definition) is 2. The summed E-state index contributed by atoms with van der Waals surface area (Å²) in [5.41, 5.74) is 8.17. The largest absolute Gasteiger partial charge is 0.496 e. The van der Waals surface area contributed by atoms with Crippen LogP contribution in [0, 0.1) is 0 Å². The molecule has 0 unspecified atom stereocenters. The summed E-state index contributed by atoms with van der Waals surface area (Å²) in [5.74, 6) is 0.305. The van der Waals surface area contributed by atoms with Crippen molar-refractivity contribution in [2.24, 2.45) is 0 Å². The van der Waals surface area contributed by atoms with E-state index >= 15 is 0 Å². The summed E-state index contributed by atoms with van der Waals surface area (Å²) < 4.78 is 5.21. The number of nitrogens with one attached hydrogen (secondary N) is 1. The summed E-state index contributed by atoms with van der Waals surface area (Å²) in [5, 5.41) is 2.93. The topological polar surface area (TPSA) is 64.3 Å². The van der Waals surface area contributed by atoms with Gasteiger partial charge < -0.3 is 15.8 Å². The van der Waals surface area contributed by atoms with E-state index in [0.717, 1.165) is 0 Å². The minimum Gasteiger partial charge on any atom is -0.496 e. The molecule has 0 fully saturated rings. The summed E-state index contributed by atoms with van der Waals surface area (Å²) in [4.78, 5) is 15.0. The van der Waals surface area contributed by atoms with Gasteiger partial charge in [0.15, 0.2) is 0 Å². The molecule has 0 saturated carbocycles. The summed E-state index contributed by atoms with van der Waals surface area (Å²) in [6.45, 7) is 0.536. The Bertz CT molecular complexity index is 657. The van der Waals surface area contributed by atoms with Crippen LogP contribution >= 0.6 is 11.3 Å². The maximum absolute atomic E-state index is 12.3. The number of rotatable bonds is 4. The highest BCUT2D eigenvalue weighted by Gasteiger charge is 2.17. The Kier molecular flexibility index (Phi) is 3.84. The minimum absolute atomic E-state index is 0.196. The van der Waals surface area contributed by atoms with E-state index in [4.69, 9.17) is 10.5 Å². The van der Waals surface area contributed by atoms with Crippen molar-refractivity contribution in [1.82, 2.24) is 5.32 Å². The van der Waals surface area contributed by atoms with Crippen LogP contribution in [0.3, 0.4) is 0 Å². The number of methoxy groups -OCH3 is 1. The summed E-state index contributed by atoms with van der Waals surface area (Å²) in [6.07, 6.45) is 3.60. The lowest BCUT2D eigenvalue weighted by atomic mass is 10.1. The molecule has 3 rings (SSSR count). The number of nitrogen functional groups attached to an aromatic ring is 1. The SMILES string of the molecule is COc1cccc(N)c1C(=O)NCc1cc2c(s1)CCC2. The fourth-order valence-corrected chi connectivity index (χ4v) is 3.90. The van der Waals surface area contributed by atoms with Gasteiger partial charge in [0.2, 0.25) is 0 Å². The molecule has 0 radical (unpaired) electrons. The zero-order valence-corrected chi connectivity index (χ0v) is 12.8. The van der Waals surface area contributed by atoms with E-state index in [1.165, 1.54) is 41.7 Å². The molecule has 0 saturated heterocycles. The van der Waals surface area contributed by atoms with E-state index in [-0.39, 0.29) is 5.91 Å². The van der Waals surface area contributed by atoms with Gasteiger partial charge in [-0.05, 0) is 43.0 Å². The van der Waals surface area contributed by atoms with E-state index < -0.39 is 0 Å². The molecule has 2 aromatic rings. The lowest BCUT2D eigenvalue weighted by Crippen LogP contribution is -2.24. The Balaban J connectivity index is 1.71. The van der Waals surface area contributed by atoms with Crippen LogP contribution in [-0.4, -0.2) is 13.0 Å². The highest BCUT2D eigenvalue weighted by Crippen LogP contribution is 2.30. The number of ether oxygens (including phenoxy) is 1. The average molecular weight is 302 g/mol. The zero-order valence-electron chi connectivity index (χ0n) is 11.9. The molecule has 0 atom stereocenters. The van der Waals surface area contributed by atoms with Gasteiger partial charge in [0, 0.05) is 15.4 Å². The van der Waals surface area contributed by atoms with Gasteiger partial charge in [0.25, 0.3) is 5.91 Å². The van der Waals surface area contributed by atoms with Crippen molar-refractivity contribution in [3.8, 4) is 5.75 Å². The lowest BCUT2D eigenvalue weighted by Gasteiger charge is -2.11. The molecule has 0 spiro atoms. The first-order chi connectivity index (χ1) is 10.2. The number of nitrogens with two attached hydrogens (primary N) is 1. The van der Waals surface area contributed by atoms with Crippen LogP contribution in [-0.2, 0) is 19.4 Å². The standard InChI is InChI=1S/C16H18N2O2S/c1-20-13-6-3-5-12(17)15(13)16(19)18-9-11-8-10-4-2-7-14(10)21-11/h3,5-6,8H,2,4,7,9,17H2,1H3,(H,18,19). The van der Waals surface area contributed by atoms with Gasteiger partial charge in [0.1, 0.15) is 11.3 Å². The van der Waals surface area contributed by atoms with Crippen LogP contribution in [0.5, 0.6) is 5.75 Å². The van der Waals surface area contributed by atoms with Crippen molar-refractivity contribution in [3.05, 3.63) is 45.1 Å². The molecule has 110 valence electrons. The van der Waals surface area contributed by atoms with Gasteiger partial charge in [-0.2, -0.15) is 0 Å². The molecule has 1 aromatic heterocycles. The molecule has 0 bridgehead atoms. The first-order valence-electron chi connectivity index (χ1n) is 7.00. The molecule has 1 aliphatic rings. The van der Waals surface area contributed by atoms with Gasteiger partial charge in [-0.15, -0.1) is 11.3 Å². The molecular weight excluding hydrogens is 284 g/mol. The van der Waals surface area contributed by atoms with Gasteiger partial charge >= 0.3 is 0 Å². The molecule has 1 aliphatic carbocycles. The molecule has 1 heterocycles. The van der Waals surface area contributed by atoms with Crippen molar-refractivity contribution < 1.29 is 9.53 Å². The number of hydrogen-bond acceptors (Lipinski definition) is 4. The fraction of sp³-hybridized carbons (Fsp3) is 0.312. The predicted octanol–water partition coefficient (Wildman–Crippen LogP) is 2.76. The molecule has 3 N–H and O–H groups in total. The Labute approximate surface area is 127 Å². The summed E-state index contributed by atoms with van der Waals surface area (Å²) in [6, 6.07) is 7.43. The Morgan fingerprint density at radius 3 is 3.05 bits per heavy atom. The first kappa shape index (κ1) is 13.9. The highest BCUT2D eigenvalue weighted by atomic mass is 32.1. The Morgan fingerprint density at radius 1 is 1.43 bits per heavy atom. The van der Waals surface area contributed by atoms with Gasteiger partial charge in [-0.1, -0.05) is 6.07 Å². The number of benzene rings is 1. The number of amides is 1.